The van der Waals surface area contributed by atoms with Crippen molar-refractivity contribution in [3.8, 4) is 0 Å². The Kier molecular flexibility index (Phi) is 3.62. The Labute approximate surface area is 147 Å². The highest BCUT2D eigenvalue weighted by Crippen LogP contribution is 2.26. The number of aromatic nitrogens is 1. The first kappa shape index (κ1) is 15.0. The van der Waals surface area contributed by atoms with E-state index >= 15 is 0 Å². The molecule has 4 rings (SSSR count). The average molecular weight is 380 g/mol. The Hall–Kier alpha value is -2.59. The zero-order chi connectivity index (χ0) is 16.7. The standard InChI is InChI=1S/C20H14BrNO2/c21-16-7-8-17-18(20(23)24)12-22(19(17)10-16)11-13-5-6-14-3-1-2-4-15(14)9-13/h1-10,12H,11H2,(H,23,24). The summed E-state index contributed by atoms with van der Waals surface area (Å²) in [6, 6.07) is 20.2. The Morgan fingerprint density at radius 1 is 1.00 bits per heavy atom. The number of rotatable bonds is 3. The Bertz CT molecular complexity index is 1080. The van der Waals surface area contributed by atoms with E-state index < -0.39 is 5.97 Å². The summed E-state index contributed by atoms with van der Waals surface area (Å²) in [4.78, 5) is 11.5. The molecule has 0 spiro atoms. The molecule has 0 atom stereocenters. The molecule has 0 aliphatic carbocycles. The second-order valence-electron chi connectivity index (χ2n) is 5.82. The first-order chi connectivity index (χ1) is 11.6. The van der Waals surface area contributed by atoms with E-state index in [1.165, 1.54) is 10.8 Å². The summed E-state index contributed by atoms with van der Waals surface area (Å²) >= 11 is 3.47. The van der Waals surface area contributed by atoms with Crippen molar-refractivity contribution in [1.29, 1.82) is 0 Å². The minimum atomic E-state index is -0.903. The zero-order valence-electron chi connectivity index (χ0n) is 12.7. The highest BCUT2D eigenvalue weighted by Gasteiger charge is 2.14. The second-order valence-corrected chi connectivity index (χ2v) is 6.73. The maximum absolute atomic E-state index is 11.5. The molecule has 0 aliphatic heterocycles. The lowest BCUT2D eigenvalue weighted by Crippen LogP contribution is -1.99. The van der Waals surface area contributed by atoms with Crippen molar-refractivity contribution in [3.05, 3.63) is 82.5 Å². The van der Waals surface area contributed by atoms with Crippen LogP contribution in [0.2, 0.25) is 0 Å². The lowest BCUT2D eigenvalue weighted by molar-refractivity contribution is 0.0699. The average Bonchev–Trinajstić information content (AvgIpc) is 2.93. The number of nitrogens with zero attached hydrogens (tertiary/aromatic N) is 1. The number of benzene rings is 3. The van der Waals surface area contributed by atoms with Crippen molar-refractivity contribution in [2.45, 2.75) is 6.54 Å². The Balaban J connectivity index is 1.83. The van der Waals surface area contributed by atoms with Crippen molar-refractivity contribution in [3.63, 3.8) is 0 Å². The van der Waals surface area contributed by atoms with Crippen LogP contribution in [0.4, 0.5) is 0 Å². The third-order valence-corrected chi connectivity index (χ3v) is 4.73. The molecule has 0 radical (unpaired) electrons. The van der Waals surface area contributed by atoms with Crippen molar-refractivity contribution < 1.29 is 9.90 Å². The van der Waals surface area contributed by atoms with Crippen LogP contribution in [0.3, 0.4) is 0 Å². The largest absolute Gasteiger partial charge is 0.478 e. The fourth-order valence-corrected chi connectivity index (χ4v) is 3.45. The van der Waals surface area contributed by atoms with Gasteiger partial charge in [-0.3, -0.25) is 0 Å². The van der Waals surface area contributed by atoms with Crippen LogP contribution in [-0.2, 0) is 6.54 Å². The fourth-order valence-electron chi connectivity index (χ4n) is 3.10. The molecule has 118 valence electrons. The number of hydrogen-bond donors (Lipinski definition) is 1. The maximum atomic E-state index is 11.5. The predicted octanol–water partition coefficient (Wildman–Crippen LogP) is 5.30. The summed E-state index contributed by atoms with van der Waals surface area (Å²) in [6.07, 6.45) is 1.72. The van der Waals surface area contributed by atoms with E-state index in [1.807, 2.05) is 34.9 Å². The SMILES string of the molecule is O=C(O)c1cn(Cc2ccc3ccccc3c2)c2cc(Br)ccc12. The van der Waals surface area contributed by atoms with Gasteiger partial charge in [0.05, 0.1) is 11.1 Å². The van der Waals surface area contributed by atoms with Gasteiger partial charge in [0.15, 0.2) is 0 Å². The van der Waals surface area contributed by atoms with E-state index in [4.69, 9.17) is 0 Å². The molecular formula is C20H14BrNO2. The molecule has 0 amide bonds. The summed E-state index contributed by atoms with van der Waals surface area (Å²) in [5.74, 6) is -0.903. The van der Waals surface area contributed by atoms with Crippen LogP contribution >= 0.6 is 15.9 Å². The number of carboxylic acid groups (broad SMARTS) is 1. The van der Waals surface area contributed by atoms with Crippen LogP contribution in [0.1, 0.15) is 15.9 Å². The third kappa shape index (κ3) is 2.59. The quantitative estimate of drug-likeness (QED) is 0.524. The molecule has 1 heterocycles. The summed E-state index contributed by atoms with van der Waals surface area (Å²) in [6.45, 7) is 0.630. The Morgan fingerprint density at radius 2 is 1.79 bits per heavy atom. The fraction of sp³-hybridized carbons (Fsp3) is 0.0500. The molecule has 24 heavy (non-hydrogen) atoms. The monoisotopic (exact) mass is 379 g/mol. The number of hydrogen-bond acceptors (Lipinski definition) is 1. The van der Waals surface area contributed by atoms with Gasteiger partial charge in [0, 0.05) is 22.6 Å². The molecule has 1 aromatic heterocycles. The maximum Gasteiger partial charge on any atom is 0.337 e. The number of halogens is 1. The minimum absolute atomic E-state index is 0.332. The summed E-state index contributed by atoms with van der Waals surface area (Å²) in [5.41, 5.74) is 2.38. The molecule has 1 N–H and O–H groups in total. The third-order valence-electron chi connectivity index (χ3n) is 4.24. The molecule has 0 aliphatic rings. The molecule has 0 bridgehead atoms. The topological polar surface area (TPSA) is 42.2 Å². The molecule has 3 nitrogen and oxygen atoms in total. The zero-order valence-corrected chi connectivity index (χ0v) is 14.3. The molecule has 3 aromatic carbocycles. The van der Waals surface area contributed by atoms with E-state index in [9.17, 15) is 9.90 Å². The highest BCUT2D eigenvalue weighted by molar-refractivity contribution is 9.10. The first-order valence-corrected chi connectivity index (χ1v) is 8.40. The van der Waals surface area contributed by atoms with Crippen LogP contribution in [0, 0.1) is 0 Å². The highest BCUT2D eigenvalue weighted by atomic mass is 79.9. The van der Waals surface area contributed by atoms with Gasteiger partial charge >= 0.3 is 5.97 Å². The van der Waals surface area contributed by atoms with Crippen LogP contribution in [-0.4, -0.2) is 15.6 Å². The van der Waals surface area contributed by atoms with Crippen LogP contribution in [0.25, 0.3) is 21.7 Å². The van der Waals surface area contributed by atoms with E-state index in [0.717, 1.165) is 20.9 Å². The normalized spacial score (nSPS) is 11.2. The smallest absolute Gasteiger partial charge is 0.337 e. The van der Waals surface area contributed by atoms with E-state index in [1.54, 1.807) is 6.20 Å². The van der Waals surface area contributed by atoms with Crippen molar-refractivity contribution in [1.82, 2.24) is 4.57 Å². The second kappa shape index (κ2) is 5.80. The van der Waals surface area contributed by atoms with E-state index in [2.05, 4.69) is 46.3 Å². The van der Waals surface area contributed by atoms with Gasteiger partial charge in [-0.2, -0.15) is 0 Å². The van der Waals surface area contributed by atoms with E-state index in [-0.39, 0.29) is 0 Å². The van der Waals surface area contributed by atoms with Gasteiger partial charge in [-0.1, -0.05) is 58.4 Å². The first-order valence-electron chi connectivity index (χ1n) is 7.61. The van der Waals surface area contributed by atoms with Gasteiger partial charge in [-0.15, -0.1) is 0 Å². The summed E-state index contributed by atoms with van der Waals surface area (Å²) in [5, 5.41) is 12.6. The lowest BCUT2D eigenvalue weighted by atomic mass is 10.1. The van der Waals surface area contributed by atoms with E-state index in [0.29, 0.717) is 12.1 Å². The lowest BCUT2D eigenvalue weighted by Gasteiger charge is -2.07. The van der Waals surface area contributed by atoms with Crippen molar-refractivity contribution in [2.75, 3.05) is 0 Å². The molecule has 0 saturated carbocycles. The number of aromatic carboxylic acids is 1. The summed E-state index contributed by atoms with van der Waals surface area (Å²) < 4.78 is 2.93. The van der Waals surface area contributed by atoms with Crippen molar-refractivity contribution in [2.24, 2.45) is 0 Å². The van der Waals surface area contributed by atoms with Crippen LogP contribution in [0.5, 0.6) is 0 Å². The summed E-state index contributed by atoms with van der Waals surface area (Å²) in [7, 11) is 0. The van der Waals surface area contributed by atoms with Gasteiger partial charge < -0.3 is 9.67 Å². The van der Waals surface area contributed by atoms with Gasteiger partial charge in [0.25, 0.3) is 0 Å². The van der Waals surface area contributed by atoms with Gasteiger partial charge in [0.1, 0.15) is 0 Å². The Morgan fingerprint density at radius 3 is 2.58 bits per heavy atom. The molecule has 0 fully saturated rings. The number of fused-ring (bicyclic) bond motifs is 2. The minimum Gasteiger partial charge on any atom is -0.478 e. The van der Waals surface area contributed by atoms with Crippen molar-refractivity contribution >= 4 is 43.6 Å². The molecule has 4 heteroatoms. The molecule has 0 saturated heterocycles. The van der Waals surface area contributed by atoms with Crippen LogP contribution in [0.15, 0.2) is 71.3 Å². The molecular weight excluding hydrogens is 366 g/mol. The van der Waals surface area contributed by atoms with Gasteiger partial charge in [-0.25, -0.2) is 4.79 Å². The number of carboxylic acids is 1. The van der Waals surface area contributed by atoms with Gasteiger partial charge in [0.2, 0.25) is 0 Å². The van der Waals surface area contributed by atoms with Gasteiger partial charge in [-0.05, 0) is 34.5 Å². The predicted molar refractivity (Wildman–Crippen MR) is 99.6 cm³/mol. The molecule has 0 unspecified atom stereocenters. The van der Waals surface area contributed by atoms with Crippen LogP contribution < -0.4 is 0 Å². The molecule has 4 aromatic rings. The number of carbonyl (C=O) groups is 1.